The van der Waals surface area contributed by atoms with Gasteiger partial charge < -0.3 is 9.47 Å². The topological polar surface area (TPSA) is 8.17 Å². The molecule has 0 radical (unpaired) electrons. The monoisotopic (exact) mass is 803 g/mol. The van der Waals surface area contributed by atoms with Crippen molar-refractivity contribution in [3.63, 3.8) is 0 Å². The number of aromatic nitrogens is 1. The van der Waals surface area contributed by atoms with Gasteiger partial charge in [0.2, 0.25) is 0 Å². The molecule has 288 valence electrons. The van der Waals surface area contributed by atoms with E-state index in [2.05, 4.69) is 102 Å². The van der Waals surface area contributed by atoms with Gasteiger partial charge in [0.1, 0.15) is 0 Å². The lowest BCUT2D eigenvalue weighted by Gasteiger charge is -2.26. The van der Waals surface area contributed by atoms with Gasteiger partial charge in [-0.05, 0) is 123 Å². The van der Waals surface area contributed by atoms with Crippen LogP contribution in [-0.4, -0.2) is 4.57 Å². The van der Waals surface area contributed by atoms with Gasteiger partial charge in [-0.2, -0.15) is 0 Å². The molecule has 11 rings (SSSR count). The second kappa shape index (κ2) is 15.8. The van der Waals surface area contributed by atoms with Crippen LogP contribution in [0.1, 0.15) is 9.60 Å². The molecule has 0 aliphatic rings. The third-order valence-corrected chi connectivity index (χ3v) is 12.3. The molecule has 2 nitrogen and oxygen atoms in total. The number of fused-ring (bicyclic) bond motifs is 3. The number of rotatable bonds is 9. The Labute approximate surface area is 370 Å². The van der Waals surface area contributed by atoms with Crippen LogP contribution in [0.3, 0.4) is 0 Å². The van der Waals surface area contributed by atoms with Crippen molar-refractivity contribution in [1.29, 1.82) is 0 Å². The van der Waals surface area contributed by atoms with E-state index in [-0.39, 0.29) is 57.6 Å². The fourth-order valence-electron chi connectivity index (χ4n) is 8.03. The Morgan fingerprint density at radius 1 is 0.344 bits per heavy atom. The summed E-state index contributed by atoms with van der Waals surface area (Å²) < 4.78 is 66.2. The standard InChI is InChI=1S/C58H40N2S/c1-4-12-41(13-5-1)43-20-29-49(30-21-43)59(50-31-22-44(23-32-50)42-14-6-2-7-15-42)51-33-24-45(25-34-51)48-28-37-56-54(40-48)53-18-10-11-19-55(53)60(56)52-35-26-47(27-36-52)58-39-38-57(61-58)46-16-8-3-9-17-46/h1-40H/i10D,11D,18D,19D,28D,37D,40D. The Bertz CT molecular complexity index is 3570. The summed E-state index contributed by atoms with van der Waals surface area (Å²) in [5, 5.41) is 0.335. The van der Waals surface area contributed by atoms with Gasteiger partial charge in [0.05, 0.1) is 20.6 Å². The number of hydrogen-bond donors (Lipinski definition) is 0. The number of thiophene rings is 1. The number of benzene rings is 9. The normalized spacial score (nSPS) is 12.9. The molecule has 0 aliphatic carbocycles. The molecular formula is C58H40N2S. The maximum Gasteiger partial charge on any atom is 0.0645 e. The Kier molecular flexibility index (Phi) is 7.64. The second-order valence-corrected chi connectivity index (χ2v) is 15.9. The van der Waals surface area contributed by atoms with Crippen LogP contribution < -0.4 is 4.90 Å². The minimum Gasteiger partial charge on any atom is -0.311 e. The van der Waals surface area contributed by atoms with Crippen LogP contribution in [0.25, 0.3) is 81.8 Å². The van der Waals surface area contributed by atoms with E-state index in [1.54, 1.807) is 15.9 Å². The van der Waals surface area contributed by atoms with E-state index >= 15 is 0 Å². The SMILES string of the molecule is [2H]c1c([2H])c([2H])c2c(c1[2H])c1c([2H])c(-c3ccc(N(c4ccc(-c5ccccc5)cc4)c4ccc(-c5ccccc5)cc4)cc3)c([2H])c([2H])c1n2-c1ccc(-c2ccc(-c3ccccc3)s2)cc1. The summed E-state index contributed by atoms with van der Waals surface area (Å²) in [6.07, 6.45) is 0. The Balaban J connectivity index is 1.02. The molecule has 61 heavy (non-hydrogen) atoms. The van der Waals surface area contributed by atoms with Crippen LogP contribution in [0.2, 0.25) is 0 Å². The summed E-state index contributed by atoms with van der Waals surface area (Å²) in [4.78, 5) is 4.35. The summed E-state index contributed by atoms with van der Waals surface area (Å²) in [6.45, 7) is 0. The lowest BCUT2D eigenvalue weighted by atomic mass is 10.0. The van der Waals surface area contributed by atoms with Crippen molar-refractivity contribution in [3.8, 4) is 59.9 Å². The minimum atomic E-state index is -0.427. The first-order valence-corrected chi connectivity index (χ1v) is 21.0. The quantitative estimate of drug-likeness (QED) is 0.141. The molecule has 0 aliphatic heterocycles. The molecule has 2 heterocycles. The van der Waals surface area contributed by atoms with E-state index in [0.29, 0.717) is 11.3 Å². The van der Waals surface area contributed by atoms with E-state index in [0.717, 1.165) is 60.2 Å². The average molecular weight is 804 g/mol. The van der Waals surface area contributed by atoms with Crippen LogP contribution >= 0.6 is 11.3 Å². The molecule has 0 unspecified atom stereocenters. The molecule has 0 saturated heterocycles. The van der Waals surface area contributed by atoms with Gasteiger partial charge in [0.25, 0.3) is 0 Å². The molecule has 0 atom stereocenters. The van der Waals surface area contributed by atoms with Gasteiger partial charge in [-0.25, -0.2) is 0 Å². The van der Waals surface area contributed by atoms with Crippen LogP contribution in [0, 0.1) is 0 Å². The smallest absolute Gasteiger partial charge is 0.0645 e. The Morgan fingerprint density at radius 3 is 1.28 bits per heavy atom. The fourth-order valence-corrected chi connectivity index (χ4v) is 9.05. The molecule has 2 aromatic heterocycles. The van der Waals surface area contributed by atoms with Crippen molar-refractivity contribution >= 4 is 50.2 Å². The van der Waals surface area contributed by atoms with Gasteiger partial charge in [0, 0.05) is 43.3 Å². The molecular weight excluding hydrogens is 757 g/mol. The highest BCUT2D eigenvalue weighted by Gasteiger charge is 2.16. The van der Waals surface area contributed by atoms with E-state index in [1.807, 2.05) is 103 Å². The third-order valence-electron chi connectivity index (χ3n) is 11.1. The van der Waals surface area contributed by atoms with E-state index in [1.165, 1.54) is 0 Å². The summed E-state index contributed by atoms with van der Waals surface area (Å²) >= 11 is 1.67. The number of anilines is 3. The molecule has 0 N–H and O–H groups in total. The zero-order valence-electron chi connectivity index (χ0n) is 39.9. The average Bonchev–Trinajstić information content (AvgIpc) is 4.04. The maximum atomic E-state index is 9.79. The summed E-state index contributed by atoms with van der Waals surface area (Å²) in [5.41, 5.74) is 10.9. The van der Waals surface area contributed by atoms with Crippen molar-refractivity contribution in [2.24, 2.45) is 0 Å². The molecule has 0 spiro atoms. The highest BCUT2D eigenvalue weighted by molar-refractivity contribution is 7.18. The second-order valence-electron chi connectivity index (χ2n) is 14.8. The van der Waals surface area contributed by atoms with Crippen molar-refractivity contribution in [3.05, 3.63) is 242 Å². The lowest BCUT2D eigenvalue weighted by Crippen LogP contribution is -2.09. The third kappa shape index (κ3) is 7.01. The highest BCUT2D eigenvalue weighted by Crippen LogP contribution is 2.40. The first kappa shape index (κ1) is 29.5. The van der Waals surface area contributed by atoms with Crippen molar-refractivity contribution in [1.82, 2.24) is 4.57 Å². The van der Waals surface area contributed by atoms with Gasteiger partial charge >= 0.3 is 0 Å². The molecule has 0 fully saturated rings. The zero-order valence-corrected chi connectivity index (χ0v) is 33.7. The summed E-state index contributed by atoms with van der Waals surface area (Å²) in [7, 11) is 0. The van der Waals surface area contributed by atoms with Gasteiger partial charge in [-0.3, -0.25) is 0 Å². The van der Waals surface area contributed by atoms with Gasteiger partial charge in [-0.15, -0.1) is 11.3 Å². The van der Waals surface area contributed by atoms with E-state index in [4.69, 9.17) is 5.48 Å². The van der Waals surface area contributed by atoms with Gasteiger partial charge in [-0.1, -0.05) is 164 Å². The Hall–Kier alpha value is -7.72. The number of para-hydroxylation sites is 1. The number of nitrogens with zero attached hydrogens (tertiary/aromatic N) is 2. The fraction of sp³-hybridized carbons (Fsp3) is 0. The zero-order chi connectivity index (χ0) is 46.6. The van der Waals surface area contributed by atoms with Crippen LogP contribution in [0.15, 0.2) is 242 Å². The van der Waals surface area contributed by atoms with Crippen LogP contribution in [-0.2, 0) is 0 Å². The van der Waals surface area contributed by atoms with Crippen molar-refractivity contribution in [2.45, 2.75) is 0 Å². The molecule has 0 saturated carbocycles. The predicted molar refractivity (Wildman–Crippen MR) is 261 cm³/mol. The number of hydrogen-bond acceptors (Lipinski definition) is 2. The molecule has 3 heteroatoms. The first-order chi connectivity index (χ1) is 33.2. The summed E-state index contributed by atoms with van der Waals surface area (Å²) in [6, 6.07) is 65.1. The minimum absolute atomic E-state index is 0.0870. The van der Waals surface area contributed by atoms with E-state index in [9.17, 15) is 4.11 Å². The van der Waals surface area contributed by atoms with Crippen molar-refractivity contribution < 1.29 is 9.60 Å². The first-order valence-electron chi connectivity index (χ1n) is 23.7. The molecule has 0 amide bonds. The summed E-state index contributed by atoms with van der Waals surface area (Å²) in [5.74, 6) is 0. The molecule has 9 aromatic carbocycles. The van der Waals surface area contributed by atoms with Crippen molar-refractivity contribution in [2.75, 3.05) is 4.90 Å². The Morgan fingerprint density at radius 2 is 0.754 bits per heavy atom. The predicted octanol–water partition coefficient (Wildman–Crippen LogP) is 16.6. The van der Waals surface area contributed by atoms with E-state index < -0.39 is 12.1 Å². The largest absolute Gasteiger partial charge is 0.311 e. The van der Waals surface area contributed by atoms with Crippen LogP contribution in [0.5, 0.6) is 0 Å². The maximum absolute atomic E-state index is 9.79. The van der Waals surface area contributed by atoms with Crippen LogP contribution in [0.4, 0.5) is 17.1 Å². The molecule has 0 bridgehead atoms. The highest BCUT2D eigenvalue weighted by atomic mass is 32.1. The van der Waals surface area contributed by atoms with Gasteiger partial charge in [0.15, 0.2) is 0 Å². The molecule has 11 aromatic rings. The lowest BCUT2D eigenvalue weighted by molar-refractivity contribution is 1.18.